The van der Waals surface area contributed by atoms with Crippen LogP contribution in [0.1, 0.15) is 413 Å². The summed E-state index contributed by atoms with van der Waals surface area (Å²) in [5.41, 5.74) is 0. The quantitative estimate of drug-likeness (QED) is 0.0222. The average molecular weight is 1420 g/mol. The van der Waals surface area contributed by atoms with E-state index in [1.54, 1.807) is 0 Å². The van der Waals surface area contributed by atoms with E-state index in [0.717, 1.165) is 95.8 Å². The SMILES string of the molecule is CCCCCCCCCCCCCCCCCCCC(=O)OC[C@H](COP(=O)(O)OC[C@@H](O)COP(=O)(O)OC[C@@H](COC(=O)CCCCCCCCCCCCC)OC(=O)CCCCCCCCCCCC(C)C)OC(=O)CCCCCCCCCCCCCCCCCCC. The standard InChI is InChI=1S/C78H152O17P2/c1-6-9-12-15-18-21-24-26-28-30-32-34-37-42-47-52-57-62-76(81)89-67-73(94-77(82)63-58-53-48-43-38-35-33-31-29-27-25-22-19-16-13-10-7-2)69-92-96(84,85)90-65-72(79)66-91-97(86,87)93-70-74(68-88-75(80)61-56-51-46-41-36-23-20-17-14-11-8-3)95-78(83)64-59-54-49-44-39-40-45-50-55-60-71(4)5/h71-74,79H,6-70H2,1-5H3,(H,84,85)(H,86,87)/t72-,73-,74-/m1/s1. The van der Waals surface area contributed by atoms with Crippen LogP contribution in [0.25, 0.3) is 0 Å². The van der Waals surface area contributed by atoms with Gasteiger partial charge in [-0.05, 0) is 31.6 Å². The Labute approximate surface area is 594 Å². The molecule has 17 nitrogen and oxygen atoms in total. The van der Waals surface area contributed by atoms with Crippen LogP contribution in [-0.2, 0) is 65.4 Å². The molecule has 3 N–H and O–H groups in total. The highest BCUT2D eigenvalue weighted by Crippen LogP contribution is 2.45. The number of carbonyl (C=O) groups is 4. The van der Waals surface area contributed by atoms with Gasteiger partial charge in [0.1, 0.15) is 19.3 Å². The first-order valence-electron chi connectivity index (χ1n) is 40.6. The molecule has 0 rings (SSSR count). The van der Waals surface area contributed by atoms with Crippen LogP contribution in [0.5, 0.6) is 0 Å². The van der Waals surface area contributed by atoms with E-state index in [0.29, 0.717) is 25.7 Å². The Morgan fingerprint density at radius 1 is 0.278 bits per heavy atom. The van der Waals surface area contributed by atoms with Gasteiger partial charge in [-0.1, -0.05) is 362 Å². The summed E-state index contributed by atoms with van der Waals surface area (Å²) in [6.45, 7) is 7.29. The van der Waals surface area contributed by atoms with Gasteiger partial charge in [0, 0.05) is 25.7 Å². The number of hydrogen-bond donors (Lipinski definition) is 3. The summed E-state index contributed by atoms with van der Waals surface area (Å²) < 4.78 is 68.6. The normalized spacial score (nSPS) is 13.9. The largest absolute Gasteiger partial charge is 0.472 e. The number of ether oxygens (including phenoxy) is 4. The van der Waals surface area contributed by atoms with Crippen molar-refractivity contribution in [2.45, 2.75) is 432 Å². The van der Waals surface area contributed by atoms with E-state index >= 15 is 0 Å². The lowest BCUT2D eigenvalue weighted by Crippen LogP contribution is -2.30. The molecule has 0 saturated carbocycles. The Hall–Kier alpha value is -1.94. The van der Waals surface area contributed by atoms with Crippen molar-refractivity contribution >= 4 is 39.5 Å². The summed E-state index contributed by atoms with van der Waals surface area (Å²) in [6, 6.07) is 0. The molecule has 97 heavy (non-hydrogen) atoms. The van der Waals surface area contributed by atoms with Crippen molar-refractivity contribution in [3.05, 3.63) is 0 Å². The van der Waals surface area contributed by atoms with Crippen LogP contribution >= 0.6 is 15.6 Å². The molecule has 0 bridgehead atoms. The molecule has 0 radical (unpaired) electrons. The summed E-state index contributed by atoms with van der Waals surface area (Å²) in [5.74, 6) is -1.37. The number of aliphatic hydroxyl groups excluding tert-OH is 1. The van der Waals surface area contributed by atoms with E-state index in [2.05, 4.69) is 34.6 Å². The molecule has 0 aliphatic heterocycles. The number of unbranched alkanes of at least 4 members (excludes halogenated alkanes) is 50. The molecule has 0 saturated heterocycles. The Kier molecular flexibility index (Phi) is 69.6. The fraction of sp³-hybridized carbons (Fsp3) is 0.949. The van der Waals surface area contributed by atoms with E-state index < -0.39 is 97.5 Å². The maximum absolute atomic E-state index is 13.1. The van der Waals surface area contributed by atoms with Gasteiger partial charge >= 0.3 is 39.5 Å². The summed E-state index contributed by atoms with van der Waals surface area (Å²) in [6.07, 6.45) is 61.0. The molecule has 0 aliphatic carbocycles. The van der Waals surface area contributed by atoms with Crippen molar-refractivity contribution in [3.8, 4) is 0 Å². The van der Waals surface area contributed by atoms with E-state index in [1.807, 2.05) is 0 Å². The molecule has 576 valence electrons. The lowest BCUT2D eigenvalue weighted by Gasteiger charge is -2.21. The van der Waals surface area contributed by atoms with Crippen LogP contribution in [0.4, 0.5) is 0 Å². The zero-order valence-corrected chi connectivity index (χ0v) is 65.0. The number of carbonyl (C=O) groups excluding carboxylic acids is 4. The third-order valence-corrected chi connectivity index (χ3v) is 20.2. The number of phosphoric acid groups is 2. The first-order chi connectivity index (χ1) is 47.0. The molecular weight excluding hydrogens is 1270 g/mol. The minimum absolute atomic E-state index is 0.106. The topological polar surface area (TPSA) is 237 Å². The van der Waals surface area contributed by atoms with Crippen LogP contribution in [0.2, 0.25) is 0 Å². The van der Waals surface area contributed by atoms with Gasteiger partial charge in [-0.3, -0.25) is 37.3 Å². The molecule has 0 spiro atoms. The number of phosphoric ester groups is 2. The van der Waals surface area contributed by atoms with Crippen molar-refractivity contribution in [3.63, 3.8) is 0 Å². The number of hydrogen-bond acceptors (Lipinski definition) is 15. The van der Waals surface area contributed by atoms with Gasteiger partial charge in [-0.15, -0.1) is 0 Å². The Morgan fingerprint density at radius 2 is 0.474 bits per heavy atom. The smallest absolute Gasteiger partial charge is 0.462 e. The maximum Gasteiger partial charge on any atom is 0.472 e. The zero-order valence-electron chi connectivity index (χ0n) is 63.2. The van der Waals surface area contributed by atoms with Crippen LogP contribution in [-0.4, -0.2) is 96.7 Å². The van der Waals surface area contributed by atoms with Gasteiger partial charge in [0.2, 0.25) is 0 Å². The van der Waals surface area contributed by atoms with Crippen molar-refractivity contribution in [1.82, 2.24) is 0 Å². The lowest BCUT2D eigenvalue weighted by molar-refractivity contribution is -0.161. The Bertz CT molecular complexity index is 1860. The van der Waals surface area contributed by atoms with Gasteiger partial charge in [0.05, 0.1) is 26.4 Å². The minimum atomic E-state index is -4.96. The fourth-order valence-corrected chi connectivity index (χ4v) is 13.6. The molecule has 0 aromatic heterocycles. The van der Waals surface area contributed by atoms with Gasteiger partial charge in [-0.2, -0.15) is 0 Å². The summed E-state index contributed by atoms with van der Waals surface area (Å²) >= 11 is 0. The third-order valence-electron chi connectivity index (χ3n) is 18.3. The number of aliphatic hydroxyl groups is 1. The van der Waals surface area contributed by atoms with E-state index in [1.165, 1.54) is 238 Å². The van der Waals surface area contributed by atoms with Crippen LogP contribution < -0.4 is 0 Å². The number of esters is 4. The minimum Gasteiger partial charge on any atom is -0.462 e. The predicted molar refractivity (Wildman–Crippen MR) is 395 cm³/mol. The average Bonchev–Trinajstić information content (AvgIpc) is 1.40. The van der Waals surface area contributed by atoms with Crippen LogP contribution in [0, 0.1) is 5.92 Å². The first kappa shape index (κ1) is 95.1. The fourth-order valence-electron chi connectivity index (χ4n) is 12.1. The monoisotopic (exact) mass is 1420 g/mol. The highest BCUT2D eigenvalue weighted by molar-refractivity contribution is 7.47. The first-order valence-corrected chi connectivity index (χ1v) is 43.6. The van der Waals surface area contributed by atoms with E-state index in [9.17, 15) is 43.2 Å². The number of rotatable bonds is 78. The molecule has 19 heteroatoms. The lowest BCUT2D eigenvalue weighted by atomic mass is 10.0. The Morgan fingerprint density at radius 3 is 0.701 bits per heavy atom. The third kappa shape index (κ3) is 72.2. The van der Waals surface area contributed by atoms with Gasteiger partial charge in [0.25, 0.3) is 0 Å². The molecule has 0 aromatic carbocycles. The molecule has 0 heterocycles. The van der Waals surface area contributed by atoms with Gasteiger partial charge < -0.3 is 33.8 Å². The second kappa shape index (κ2) is 71.1. The highest BCUT2D eigenvalue weighted by Gasteiger charge is 2.30. The molecule has 0 fully saturated rings. The van der Waals surface area contributed by atoms with Gasteiger partial charge in [0.15, 0.2) is 12.2 Å². The molecule has 5 atom stereocenters. The van der Waals surface area contributed by atoms with E-state index in [4.69, 9.17) is 37.0 Å². The van der Waals surface area contributed by atoms with Gasteiger partial charge in [-0.25, -0.2) is 9.13 Å². The zero-order chi connectivity index (χ0) is 71.2. The van der Waals surface area contributed by atoms with Crippen molar-refractivity contribution in [1.29, 1.82) is 0 Å². The summed E-state index contributed by atoms with van der Waals surface area (Å²) in [4.78, 5) is 72.9. The highest BCUT2D eigenvalue weighted by atomic mass is 31.2. The molecule has 2 unspecified atom stereocenters. The molecule has 0 amide bonds. The molecule has 0 aliphatic rings. The van der Waals surface area contributed by atoms with Crippen molar-refractivity contribution in [2.24, 2.45) is 5.92 Å². The van der Waals surface area contributed by atoms with Crippen LogP contribution in [0.15, 0.2) is 0 Å². The summed E-state index contributed by atoms with van der Waals surface area (Å²) in [7, 11) is -9.91. The maximum atomic E-state index is 13.1. The van der Waals surface area contributed by atoms with Crippen molar-refractivity contribution < 1.29 is 80.2 Å². The van der Waals surface area contributed by atoms with Crippen LogP contribution in [0.3, 0.4) is 0 Å². The summed E-state index contributed by atoms with van der Waals surface area (Å²) in [5, 5.41) is 10.6. The second-order valence-electron chi connectivity index (χ2n) is 28.6. The molecular formula is C78H152O17P2. The molecule has 0 aromatic rings. The Balaban J connectivity index is 5.24. The van der Waals surface area contributed by atoms with Crippen molar-refractivity contribution in [2.75, 3.05) is 39.6 Å². The second-order valence-corrected chi connectivity index (χ2v) is 31.5. The predicted octanol–water partition coefficient (Wildman–Crippen LogP) is 23.3. The van der Waals surface area contributed by atoms with E-state index in [-0.39, 0.29) is 25.7 Å².